The zero-order valence-corrected chi connectivity index (χ0v) is 24.2. The first kappa shape index (κ1) is 28.2. The van der Waals surface area contributed by atoms with Crippen LogP contribution in [-0.2, 0) is 16.6 Å². The van der Waals surface area contributed by atoms with Crippen molar-refractivity contribution < 1.29 is 23.8 Å². The molecule has 0 radical (unpaired) electrons. The van der Waals surface area contributed by atoms with Gasteiger partial charge in [0.15, 0.2) is 17.1 Å². The maximum absolute atomic E-state index is 12.9. The molecule has 204 valence electrons. The van der Waals surface area contributed by atoms with E-state index >= 15 is 0 Å². The Hall–Kier alpha value is -3.83. The van der Waals surface area contributed by atoms with Crippen molar-refractivity contribution in [1.29, 1.82) is 0 Å². The third-order valence-corrected chi connectivity index (χ3v) is 8.17. The van der Waals surface area contributed by atoms with Crippen molar-refractivity contribution in [3.63, 3.8) is 0 Å². The van der Waals surface area contributed by atoms with Gasteiger partial charge in [0, 0.05) is 18.0 Å². The fourth-order valence-electron chi connectivity index (χ4n) is 3.93. The van der Waals surface area contributed by atoms with Crippen LogP contribution in [-0.4, -0.2) is 46.6 Å². The van der Waals surface area contributed by atoms with Gasteiger partial charge in [-0.2, -0.15) is 0 Å². The molecule has 0 saturated heterocycles. The number of thiophene rings is 1. The molecule has 0 spiro atoms. The Morgan fingerprint density at radius 3 is 2.54 bits per heavy atom. The SMILES string of the molecule is COC(=O)c1c(-c2ccc(OC)cc2)csc1NC(=O)CSc1nnc(C(C)Oc2cccc(C)c2C)n1C. The third kappa shape index (κ3) is 6.26. The average Bonchev–Trinajstić information content (AvgIpc) is 3.52. The lowest BCUT2D eigenvalue weighted by Gasteiger charge is -2.16. The summed E-state index contributed by atoms with van der Waals surface area (Å²) < 4.78 is 18.2. The van der Waals surface area contributed by atoms with Crippen molar-refractivity contribution >= 4 is 40.0 Å². The molecule has 39 heavy (non-hydrogen) atoms. The highest BCUT2D eigenvalue weighted by atomic mass is 32.2. The summed E-state index contributed by atoms with van der Waals surface area (Å²) in [6, 6.07) is 13.3. The number of anilines is 1. The van der Waals surface area contributed by atoms with Crippen LogP contribution >= 0.6 is 23.1 Å². The molecule has 1 unspecified atom stereocenters. The van der Waals surface area contributed by atoms with Crippen LogP contribution in [0.5, 0.6) is 11.5 Å². The molecule has 2 aromatic carbocycles. The number of methoxy groups -OCH3 is 2. The molecule has 0 fully saturated rings. The van der Waals surface area contributed by atoms with Gasteiger partial charge < -0.3 is 24.1 Å². The number of amides is 1. The monoisotopic (exact) mass is 566 g/mol. The summed E-state index contributed by atoms with van der Waals surface area (Å²) in [4.78, 5) is 25.5. The molecule has 1 atom stereocenters. The van der Waals surface area contributed by atoms with E-state index in [1.54, 1.807) is 7.11 Å². The van der Waals surface area contributed by atoms with E-state index in [1.807, 2.05) is 80.2 Å². The number of benzene rings is 2. The van der Waals surface area contributed by atoms with Gasteiger partial charge in [-0.1, -0.05) is 36.0 Å². The first-order chi connectivity index (χ1) is 18.7. The molecule has 9 nitrogen and oxygen atoms in total. The van der Waals surface area contributed by atoms with Crippen LogP contribution < -0.4 is 14.8 Å². The number of esters is 1. The normalized spacial score (nSPS) is 11.6. The zero-order valence-electron chi connectivity index (χ0n) is 22.6. The van der Waals surface area contributed by atoms with Crippen LogP contribution in [0, 0.1) is 13.8 Å². The van der Waals surface area contributed by atoms with Gasteiger partial charge in [-0.05, 0) is 55.7 Å². The molecule has 0 aliphatic heterocycles. The Bertz CT molecular complexity index is 1480. The second-order valence-corrected chi connectivity index (χ2v) is 10.6. The number of carbonyl (C=O) groups is 2. The van der Waals surface area contributed by atoms with E-state index in [0.717, 1.165) is 22.4 Å². The lowest BCUT2D eigenvalue weighted by Crippen LogP contribution is -2.16. The number of ether oxygens (including phenoxy) is 3. The second-order valence-electron chi connectivity index (χ2n) is 8.77. The highest BCUT2D eigenvalue weighted by molar-refractivity contribution is 7.99. The van der Waals surface area contributed by atoms with Gasteiger partial charge >= 0.3 is 5.97 Å². The van der Waals surface area contributed by atoms with Gasteiger partial charge in [0.05, 0.1) is 20.0 Å². The zero-order chi connectivity index (χ0) is 28.1. The van der Waals surface area contributed by atoms with Crippen molar-refractivity contribution in [2.75, 3.05) is 25.3 Å². The predicted molar refractivity (Wildman–Crippen MR) is 153 cm³/mol. The lowest BCUT2D eigenvalue weighted by molar-refractivity contribution is -0.113. The summed E-state index contributed by atoms with van der Waals surface area (Å²) >= 11 is 2.51. The second kappa shape index (κ2) is 12.4. The van der Waals surface area contributed by atoms with Crippen LogP contribution in [0.2, 0.25) is 0 Å². The van der Waals surface area contributed by atoms with Crippen molar-refractivity contribution in [2.45, 2.75) is 32.0 Å². The molecule has 1 amide bonds. The lowest BCUT2D eigenvalue weighted by atomic mass is 10.0. The third-order valence-electron chi connectivity index (χ3n) is 6.26. The van der Waals surface area contributed by atoms with Gasteiger partial charge in [-0.15, -0.1) is 21.5 Å². The molecule has 11 heteroatoms. The minimum atomic E-state index is -0.527. The van der Waals surface area contributed by atoms with Crippen LogP contribution in [0.25, 0.3) is 11.1 Å². The van der Waals surface area contributed by atoms with Crippen molar-refractivity contribution in [3.05, 3.63) is 70.4 Å². The minimum Gasteiger partial charge on any atom is -0.497 e. The summed E-state index contributed by atoms with van der Waals surface area (Å²) in [5.74, 6) is 1.42. The van der Waals surface area contributed by atoms with Crippen molar-refractivity contribution in [3.8, 4) is 22.6 Å². The van der Waals surface area contributed by atoms with Gasteiger partial charge in [0.25, 0.3) is 0 Å². The van der Waals surface area contributed by atoms with Gasteiger partial charge in [-0.3, -0.25) is 4.79 Å². The maximum atomic E-state index is 12.9. The number of nitrogens with zero attached hydrogens (tertiary/aromatic N) is 3. The molecule has 4 aromatic rings. The van der Waals surface area contributed by atoms with Crippen molar-refractivity contribution in [2.24, 2.45) is 7.05 Å². The quantitative estimate of drug-likeness (QED) is 0.189. The number of hydrogen-bond acceptors (Lipinski definition) is 9. The standard InChI is InChI=1S/C28H30N4O5S2/c1-16-8-7-9-22(17(16)2)37-18(3)25-30-31-28(32(25)4)39-15-23(33)29-26-24(27(34)36-6)21(14-38-26)19-10-12-20(35-5)13-11-19/h7-14,18H,15H2,1-6H3,(H,29,33). The van der Waals surface area contributed by atoms with E-state index in [-0.39, 0.29) is 17.8 Å². The Morgan fingerprint density at radius 2 is 1.85 bits per heavy atom. The molecule has 0 saturated carbocycles. The molecule has 2 aromatic heterocycles. The number of rotatable bonds is 10. The maximum Gasteiger partial charge on any atom is 0.341 e. The van der Waals surface area contributed by atoms with E-state index in [2.05, 4.69) is 15.5 Å². The van der Waals surface area contributed by atoms with Crippen LogP contribution in [0.3, 0.4) is 0 Å². The van der Waals surface area contributed by atoms with Gasteiger partial charge in [0.2, 0.25) is 5.91 Å². The largest absolute Gasteiger partial charge is 0.497 e. The van der Waals surface area contributed by atoms with E-state index < -0.39 is 5.97 Å². The first-order valence-corrected chi connectivity index (χ1v) is 14.0. The van der Waals surface area contributed by atoms with Crippen LogP contribution in [0.1, 0.15) is 40.3 Å². The molecular weight excluding hydrogens is 536 g/mol. The molecule has 0 bridgehead atoms. The summed E-state index contributed by atoms with van der Waals surface area (Å²) in [7, 11) is 4.75. The molecule has 0 aliphatic rings. The summed E-state index contributed by atoms with van der Waals surface area (Å²) in [6.45, 7) is 5.98. The summed E-state index contributed by atoms with van der Waals surface area (Å²) in [6.07, 6.45) is -0.337. The van der Waals surface area contributed by atoms with Gasteiger partial charge in [0.1, 0.15) is 22.1 Å². The highest BCUT2D eigenvalue weighted by Crippen LogP contribution is 2.37. The van der Waals surface area contributed by atoms with E-state index in [9.17, 15) is 9.59 Å². The highest BCUT2D eigenvalue weighted by Gasteiger charge is 2.23. The first-order valence-electron chi connectivity index (χ1n) is 12.1. The molecule has 2 heterocycles. The fourth-order valence-corrected chi connectivity index (χ4v) is 5.62. The predicted octanol–water partition coefficient (Wildman–Crippen LogP) is 5.83. The summed E-state index contributed by atoms with van der Waals surface area (Å²) in [5.41, 5.74) is 4.02. The molecule has 0 aliphatic carbocycles. The number of carbonyl (C=O) groups excluding carboxylic acids is 2. The molecular formula is C28H30N4O5S2. The summed E-state index contributed by atoms with van der Waals surface area (Å²) in [5, 5.41) is 14.2. The minimum absolute atomic E-state index is 0.0780. The topological polar surface area (TPSA) is 105 Å². The number of hydrogen-bond donors (Lipinski definition) is 1. The number of thioether (sulfide) groups is 1. The van der Waals surface area contributed by atoms with Crippen LogP contribution in [0.15, 0.2) is 53.0 Å². The van der Waals surface area contributed by atoms with Gasteiger partial charge in [-0.25, -0.2) is 4.79 Å². The number of aryl methyl sites for hydroxylation is 1. The van der Waals surface area contributed by atoms with E-state index in [4.69, 9.17) is 14.2 Å². The Morgan fingerprint density at radius 1 is 1.10 bits per heavy atom. The van der Waals surface area contributed by atoms with Crippen molar-refractivity contribution in [1.82, 2.24) is 14.8 Å². The van der Waals surface area contributed by atoms with E-state index in [0.29, 0.717) is 32.9 Å². The smallest absolute Gasteiger partial charge is 0.341 e. The molecule has 1 N–H and O–H groups in total. The average molecular weight is 567 g/mol. The Kier molecular flexibility index (Phi) is 8.93. The van der Waals surface area contributed by atoms with E-state index in [1.165, 1.54) is 30.2 Å². The number of nitrogens with one attached hydrogen (secondary N) is 1. The Labute approximate surface area is 235 Å². The number of aromatic nitrogens is 3. The fraction of sp³-hybridized carbons (Fsp3) is 0.286. The Balaban J connectivity index is 1.43. The molecule has 4 rings (SSSR count). The van der Waals surface area contributed by atoms with Crippen LogP contribution in [0.4, 0.5) is 5.00 Å².